The number of rotatable bonds is 3. The summed E-state index contributed by atoms with van der Waals surface area (Å²) in [5, 5.41) is 0. The first-order chi connectivity index (χ1) is 4.95. The first-order valence-electron chi connectivity index (χ1n) is 3.21. The Morgan fingerprint density at radius 1 is 1.18 bits per heavy atom. The van der Waals surface area contributed by atoms with Gasteiger partial charge < -0.3 is 0 Å². The van der Waals surface area contributed by atoms with Crippen molar-refractivity contribution in [3.05, 3.63) is 12.3 Å². The first-order valence-corrected chi connectivity index (χ1v) is 3.21. The molecule has 0 N–H and O–H groups in total. The second-order valence-corrected chi connectivity index (χ2v) is 2.39. The summed E-state index contributed by atoms with van der Waals surface area (Å²) in [6, 6.07) is 0. The quantitative estimate of drug-likeness (QED) is 0.346. The van der Waals surface area contributed by atoms with Gasteiger partial charge in [0.1, 0.15) is 5.70 Å². The van der Waals surface area contributed by atoms with E-state index >= 15 is 0 Å². The van der Waals surface area contributed by atoms with Crippen LogP contribution in [-0.2, 0) is 9.59 Å². The average molecular weight is 153 g/mol. The van der Waals surface area contributed by atoms with E-state index in [0.717, 1.165) is 0 Å². The van der Waals surface area contributed by atoms with Crippen molar-refractivity contribution in [3.8, 4) is 0 Å². The molecule has 0 aliphatic rings. The van der Waals surface area contributed by atoms with Crippen LogP contribution >= 0.6 is 0 Å². The average Bonchev–Trinajstić information content (AvgIpc) is 1.84. The van der Waals surface area contributed by atoms with Gasteiger partial charge in [-0.25, -0.2) is 0 Å². The van der Waals surface area contributed by atoms with Crippen molar-refractivity contribution < 1.29 is 9.59 Å². The van der Waals surface area contributed by atoms with E-state index in [1.54, 1.807) is 13.8 Å². The van der Waals surface area contributed by atoms with Crippen molar-refractivity contribution in [2.24, 2.45) is 4.99 Å². The molecule has 3 heteroatoms. The summed E-state index contributed by atoms with van der Waals surface area (Å²) in [6.07, 6.45) is 0. The van der Waals surface area contributed by atoms with E-state index in [2.05, 4.69) is 11.6 Å². The second-order valence-electron chi connectivity index (χ2n) is 2.39. The molecule has 0 spiro atoms. The number of carbonyl (C=O) groups excluding carboxylic acids is 2. The van der Waals surface area contributed by atoms with E-state index in [1.165, 1.54) is 6.92 Å². The largest absolute Gasteiger partial charge is 0.291 e. The molecule has 11 heavy (non-hydrogen) atoms. The molecule has 0 amide bonds. The molecule has 0 aliphatic carbocycles. The molecule has 0 rings (SSSR count). The van der Waals surface area contributed by atoms with Gasteiger partial charge in [0.25, 0.3) is 0 Å². The summed E-state index contributed by atoms with van der Waals surface area (Å²) in [5.74, 6) is -1.15. The molecule has 0 saturated heterocycles. The summed E-state index contributed by atoms with van der Waals surface area (Å²) >= 11 is 0. The maximum Gasteiger partial charge on any atom is 0.245 e. The van der Waals surface area contributed by atoms with Gasteiger partial charge in [0.05, 0.1) is 0 Å². The monoisotopic (exact) mass is 153 g/mol. The normalized spacial score (nSPS) is 8.64. The highest BCUT2D eigenvalue weighted by Gasteiger charge is 2.10. The molecular weight excluding hydrogens is 142 g/mol. The number of ketones is 2. The third-order valence-electron chi connectivity index (χ3n) is 0.940. The molecule has 3 nitrogen and oxygen atoms in total. The fourth-order valence-electron chi connectivity index (χ4n) is 0.524. The second kappa shape index (κ2) is 3.81. The van der Waals surface area contributed by atoms with Crippen molar-refractivity contribution in [1.82, 2.24) is 0 Å². The van der Waals surface area contributed by atoms with Crippen molar-refractivity contribution in [2.75, 3.05) is 0 Å². The molecule has 0 unspecified atom stereocenters. The van der Waals surface area contributed by atoms with Crippen LogP contribution in [0.25, 0.3) is 0 Å². The van der Waals surface area contributed by atoms with E-state index in [1.807, 2.05) is 0 Å². The number of hydrogen-bond acceptors (Lipinski definition) is 3. The van der Waals surface area contributed by atoms with Crippen LogP contribution in [0.3, 0.4) is 0 Å². The summed E-state index contributed by atoms with van der Waals surface area (Å²) in [5.41, 5.74) is 0.724. The minimum absolute atomic E-state index is 0.0116. The van der Waals surface area contributed by atoms with Gasteiger partial charge in [-0.15, -0.1) is 0 Å². The Bertz CT molecular complexity index is 234. The van der Waals surface area contributed by atoms with Gasteiger partial charge in [0, 0.05) is 12.6 Å². The molecule has 0 aromatic heterocycles. The lowest BCUT2D eigenvalue weighted by Crippen LogP contribution is -2.10. The van der Waals surface area contributed by atoms with Gasteiger partial charge >= 0.3 is 0 Å². The van der Waals surface area contributed by atoms with E-state index in [0.29, 0.717) is 5.71 Å². The summed E-state index contributed by atoms with van der Waals surface area (Å²) in [7, 11) is 0. The van der Waals surface area contributed by atoms with E-state index in [4.69, 9.17) is 0 Å². The fraction of sp³-hybridized carbons (Fsp3) is 0.375. The van der Waals surface area contributed by atoms with Crippen molar-refractivity contribution in [2.45, 2.75) is 20.8 Å². The molecule has 0 saturated carbocycles. The van der Waals surface area contributed by atoms with Gasteiger partial charge in [-0.3, -0.25) is 14.6 Å². The Labute approximate surface area is 65.8 Å². The van der Waals surface area contributed by atoms with Crippen LogP contribution in [0.1, 0.15) is 20.8 Å². The zero-order valence-electron chi connectivity index (χ0n) is 6.97. The molecule has 0 bridgehead atoms. The van der Waals surface area contributed by atoms with Crippen LogP contribution in [0.5, 0.6) is 0 Å². The first kappa shape index (κ1) is 9.75. The Morgan fingerprint density at radius 3 is 1.91 bits per heavy atom. The predicted molar refractivity (Wildman–Crippen MR) is 43.6 cm³/mol. The number of aliphatic imine (C=N–C) groups is 1. The predicted octanol–water partition coefficient (Wildman–Crippen LogP) is 1.14. The number of hydrogen-bond donors (Lipinski definition) is 0. The smallest absolute Gasteiger partial charge is 0.245 e. The zero-order chi connectivity index (χ0) is 9.02. The van der Waals surface area contributed by atoms with E-state index in [-0.39, 0.29) is 5.70 Å². The van der Waals surface area contributed by atoms with Gasteiger partial charge in [-0.1, -0.05) is 6.58 Å². The fourth-order valence-corrected chi connectivity index (χ4v) is 0.524. The standard InChI is InChI=1S/C8H11NO2/c1-5(2)9-6(3)8(11)7(4)10/h3H2,1-2,4H3. The topological polar surface area (TPSA) is 46.5 Å². The maximum absolute atomic E-state index is 10.8. The van der Waals surface area contributed by atoms with Crippen LogP contribution in [0, 0.1) is 0 Å². The Morgan fingerprint density at radius 2 is 1.64 bits per heavy atom. The molecule has 0 aliphatic heterocycles. The lowest BCUT2D eigenvalue weighted by molar-refractivity contribution is -0.133. The summed E-state index contributed by atoms with van der Waals surface area (Å²) in [4.78, 5) is 25.1. The molecule has 0 aromatic carbocycles. The number of nitrogens with zero attached hydrogens (tertiary/aromatic N) is 1. The summed E-state index contributed by atoms with van der Waals surface area (Å²) in [6.45, 7) is 8.03. The highest BCUT2D eigenvalue weighted by Crippen LogP contribution is 1.96. The third kappa shape index (κ3) is 3.45. The van der Waals surface area contributed by atoms with Crippen molar-refractivity contribution in [1.29, 1.82) is 0 Å². The van der Waals surface area contributed by atoms with Gasteiger partial charge in [-0.2, -0.15) is 0 Å². The molecule has 0 heterocycles. The molecule has 0 atom stereocenters. The van der Waals surface area contributed by atoms with Gasteiger partial charge in [0.2, 0.25) is 11.6 Å². The summed E-state index contributed by atoms with van der Waals surface area (Å²) < 4.78 is 0. The molecule has 0 radical (unpaired) electrons. The van der Waals surface area contributed by atoms with E-state index < -0.39 is 11.6 Å². The third-order valence-corrected chi connectivity index (χ3v) is 0.940. The van der Waals surface area contributed by atoms with Crippen LogP contribution in [0.4, 0.5) is 0 Å². The minimum Gasteiger partial charge on any atom is -0.291 e. The number of allylic oxidation sites excluding steroid dienone is 1. The van der Waals surface area contributed by atoms with Gasteiger partial charge in [-0.05, 0) is 13.8 Å². The zero-order valence-corrected chi connectivity index (χ0v) is 6.97. The number of carbonyl (C=O) groups is 2. The van der Waals surface area contributed by atoms with E-state index in [9.17, 15) is 9.59 Å². The Kier molecular flexibility index (Phi) is 3.37. The molecule has 0 fully saturated rings. The lowest BCUT2D eigenvalue weighted by atomic mass is 10.2. The molecular formula is C8H11NO2. The SMILES string of the molecule is C=C(N=C(C)C)C(=O)C(C)=O. The number of Topliss-reactive ketones (excluding diaryl/α,β-unsaturated/α-hetero) is 2. The van der Waals surface area contributed by atoms with Crippen molar-refractivity contribution in [3.63, 3.8) is 0 Å². The van der Waals surface area contributed by atoms with Gasteiger partial charge in [0.15, 0.2) is 0 Å². The maximum atomic E-state index is 10.8. The lowest BCUT2D eigenvalue weighted by Gasteiger charge is -1.94. The van der Waals surface area contributed by atoms with Crippen LogP contribution in [0.2, 0.25) is 0 Å². The Hall–Kier alpha value is -1.25. The van der Waals surface area contributed by atoms with Crippen LogP contribution < -0.4 is 0 Å². The highest BCUT2D eigenvalue weighted by molar-refractivity contribution is 6.42. The van der Waals surface area contributed by atoms with Crippen LogP contribution in [0.15, 0.2) is 17.3 Å². The van der Waals surface area contributed by atoms with Crippen molar-refractivity contribution >= 4 is 17.3 Å². The van der Waals surface area contributed by atoms with Crippen LogP contribution in [-0.4, -0.2) is 17.3 Å². The molecule has 60 valence electrons. The Balaban J connectivity index is 4.41. The minimum atomic E-state index is -0.619. The highest BCUT2D eigenvalue weighted by atomic mass is 16.2. The molecule has 0 aromatic rings.